The normalized spacial score (nSPS) is 12.3. The van der Waals surface area contributed by atoms with E-state index in [-0.39, 0.29) is 12.3 Å². The van der Waals surface area contributed by atoms with E-state index in [0.717, 1.165) is 15.4 Å². The molecule has 180 valence electrons. The summed E-state index contributed by atoms with van der Waals surface area (Å²) in [7, 11) is 0. The minimum atomic E-state index is -0.879. The van der Waals surface area contributed by atoms with Crippen molar-refractivity contribution in [3.8, 4) is 5.75 Å². The minimum Gasteiger partial charge on any atom is -0.508 e. The monoisotopic (exact) mass is 499 g/mol. The number of hydrogen-bond acceptors (Lipinski definition) is 5. The molecule has 34 heavy (non-hydrogen) atoms. The summed E-state index contributed by atoms with van der Waals surface area (Å²) in [6.45, 7) is 5.96. The first-order valence-electron chi connectivity index (χ1n) is 11.1. The molecule has 0 saturated heterocycles. The van der Waals surface area contributed by atoms with Crippen LogP contribution < -0.4 is 0 Å². The van der Waals surface area contributed by atoms with Gasteiger partial charge in [0, 0.05) is 21.4 Å². The molecule has 0 aliphatic heterocycles. The van der Waals surface area contributed by atoms with Gasteiger partial charge in [0.15, 0.2) is 0 Å². The Balaban J connectivity index is 1.65. The molecule has 0 radical (unpaired) electrons. The number of phenolic OH excluding ortho intramolecular Hbond substituents is 1. The van der Waals surface area contributed by atoms with Crippen LogP contribution in [0.1, 0.15) is 38.0 Å². The maximum absolute atomic E-state index is 12.8. The number of aromatic hydroxyl groups is 1. The molecule has 2 N–H and O–H groups in total. The van der Waals surface area contributed by atoms with Gasteiger partial charge in [0.05, 0.1) is 12.6 Å². The van der Waals surface area contributed by atoms with Gasteiger partial charge in [-0.25, -0.2) is 4.79 Å². The molecule has 0 saturated carbocycles. The van der Waals surface area contributed by atoms with Crippen LogP contribution >= 0.6 is 23.4 Å². The van der Waals surface area contributed by atoms with E-state index in [0.29, 0.717) is 23.6 Å². The van der Waals surface area contributed by atoms with Gasteiger partial charge >= 0.3 is 6.09 Å². The first-order valence-corrected chi connectivity index (χ1v) is 12.3. The van der Waals surface area contributed by atoms with Gasteiger partial charge < -0.3 is 19.8 Å². The number of rotatable bonds is 8. The third-order valence-electron chi connectivity index (χ3n) is 4.94. The molecule has 3 aromatic carbocycles. The van der Waals surface area contributed by atoms with E-state index in [4.69, 9.17) is 16.3 Å². The second-order valence-electron chi connectivity index (χ2n) is 8.99. The summed E-state index contributed by atoms with van der Waals surface area (Å²) in [5.41, 5.74) is 1.08. The second kappa shape index (κ2) is 11.6. The van der Waals surface area contributed by atoms with Gasteiger partial charge in [-0.3, -0.25) is 0 Å². The summed E-state index contributed by atoms with van der Waals surface area (Å²) >= 11 is 7.67. The third kappa shape index (κ3) is 8.28. The van der Waals surface area contributed by atoms with Crippen LogP contribution in [0.15, 0.2) is 82.6 Å². The molecule has 0 heterocycles. The highest BCUT2D eigenvalue weighted by molar-refractivity contribution is 7.99. The topological polar surface area (TPSA) is 70.0 Å². The molecule has 0 aromatic heterocycles. The van der Waals surface area contributed by atoms with Gasteiger partial charge in [-0.2, -0.15) is 0 Å². The zero-order valence-corrected chi connectivity index (χ0v) is 21.1. The number of nitrogens with zero attached hydrogens (tertiary/aromatic N) is 1. The van der Waals surface area contributed by atoms with Crippen LogP contribution in [0, 0.1) is 0 Å². The number of aliphatic hydroxyl groups is 1. The molecule has 5 nitrogen and oxygen atoms in total. The molecule has 0 aliphatic carbocycles. The van der Waals surface area contributed by atoms with E-state index < -0.39 is 17.8 Å². The molecule has 3 rings (SSSR count). The first kappa shape index (κ1) is 25.9. The number of halogens is 1. The predicted octanol–water partition coefficient (Wildman–Crippen LogP) is 6.71. The SMILES string of the molecule is CC(C)(C)OC(=O)N(CCc1ccc(Sc2ccc(O)cc2)cc1)C[C@@H](O)c1cccc(Cl)c1. The number of phenols is 1. The van der Waals surface area contributed by atoms with Gasteiger partial charge in [0.2, 0.25) is 0 Å². The van der Waals surface area contributed by atoms with Crippen molar-refractivity contribution in [2.24, 2.45) is 0 Å². The molecule has 7 heteroatoms. The summed E-state index contributed by atoms with van der Waals surface area (Å²) in [6.07, 6.45) is -0.727. The van der Waals surface area contributed by atoms with Crippen molar-refractivity contribution in [1.29, 1.82) is 0 Å². The second-order valence-corrected chi connectivity index (χ2v) is 10.6. The van der Waals surface area contributed by atoms with Gasteiger partial charge in [-0.05, 0) is 86.8 Å². The number of benzene rings is 3. The van der Waals surface area contributed by atoms with Crippen molar-refractivity contribution in [3.63, 3.8) is 0 Å². The van der Waals surface area contributed by atoms with Crippen molar-refractivity contribution in [3.05, 3.63) is 88.9 Å². The summed E-state index contributed by atoms with van der Waals surface area (Å²) in [5.74, 6) is 0.245. The molecular formula is C27H30ClNO4S. The van der Waals surface area contributed by atoms with E-state index in [1.807, 2.05) is 57.2 Å². The molecule has 0 fully saturated rings. The molecule has 0 aliphatic rings. The highest BCUT2D eigenvalue weighted by Gasteiger charge is 2.24. The number of hydrogen-bond donors (Lipinski definition) is 2. The lowest BCUT2D eigenvalue weighted by atomic mass is 10.1. The lowest BCUT2D eigenvalue weighted by Crippen LogP contribution is -2.40. The number of carbonyl (C=O) groups is 1. The van der Waals surface area contributed by atoms with Gasteiger partial charge in [0.1, 0.15) is 11.4 Å². The highest BCUT2D eigenvalue weighted by atomic mass is 35.5. The quantitative estimate of drug-likeness (QED) is 0.360. The molecule has 3 aromatic rings. The van der Waals surface area contributed by atoms with Crippen LogP contribution in [0.25, 0.3) is 0 Å². The van der Waals surface area contributed by atoms with Crippen molar-refractivity contribution in [1.82, 2.24) is 4.90 Å². The largest absolute Gasteiger partial charge is 0.508 e. The number of ether oxygens (including phenoxy) is 1. The van der Waals surface area contributed by atoms with Gasteiger partial charge in [-0.15, -0.1) is 0 Å². The van der Waals surface area contributed by atoms with Crippen LogP contribution in [-0.4, -0.2) is 39.9 Å². The number of carbonyl (C=O) groups excluding carboxylic acids is 1. The lowest BCUT2D eigenvalue weighted by molar-refractivity contribution is 0.0147. The Hall–Kier alpha value is -2.67. The van der Waals surface area contributed by atoms with Crippen molar-refractivity contribution in [2.45, 2.75) is 48.7 Å². The van der Waals surface area contributed by atoms with Crippen LogP contribution in [0.4, 0.5) is 4.79 Å². The molecule has 0 spiro atoms. The first-order chi connectivity index (χ1) is 16.1. The Kier molecular flexibility index (Phi) is 8.89. The Morgan fingerprint density at radius 2 is 1.65 bits per heavy atom. The van der Waals surface area contributed by atoms with Crippen LogP contribution in [0.5, 0.6) is 5.75 Å². The maximum atomic E-state index is 12.8. The summed E-state index contributed by atoms with van der Waals surface area (Å²) in [5, 5.41) is 20.7. The van der Waals surface area contributed by atoms with Crippen molar-refractivity contribution in [2.75, 3.05) is 13.1 Å². The Morgan fingerprint density at radius 1 is 1.03 bits per heavy atom. The van der Waals surface area contributed by atoms with Crippen LogP contribution in [-0.2, 0) is 11.2 Å². The summed E-state index contributed by atoms with van der Waals surface area (Å²) in [4.78, 5) is 16.5. The average Bonchev–Trinajstić information content (AvgIpc) is 2.78. The zero-order valence-electron chi connectivity index (χ0n) is 19.6. The Bertz CT molecular complexity index is 1080. The van der Waals surface area contributed by atoms with Crippen LogP contribution in [0.3, 0.4) is 0 Å². The smallest absolute Gasteiger partial charge is 0.410 e. The fourth-order valence-electron chi connectivity index (χ4n) is 3.25. The molecule has 0 unspecified atom stereocenters. The molecule has 0 bridgehead atoms. The molecule has 1 atom stereocenters. The number of amides is 1. The number of aliphatic hydroxyl groups excluding tert-OH is 1. The van der Waals surface area contributed by atoms with Gasteiger partial charge in [0.25, 0.3) is 0 Å². The molecular weight excluding hydrogens is 470 g/mol. The fraction of sp³-hybridized carbons (Fsp3) is 0.296. The summed E-state index contributed by atoms with van der Waals surface area (Å²) < 4.78 is 5.57. The van der Waals surface area contributed by atoms with E-state index in [1.165, 1.54) is 4.90 Å². The van der Waals surface area contributed by atoms with Crippen molar-refractivity contribution >= 4 is 29.5 Å². The third-order valence-corrected chi connectivity index (χ3v) is 6.20. The average molecular weight is 500 g/mol. The standard InChI is InChI=1S/C27H30ClNO4S/c1-27(2,3)33-26(32)29(18-25(31)20-5-4-6-21(28)17-20)16-15-19-7-11-23(12-8-19)34-24-13-9-22(30)10-14-24/h4-14,17,25,30-31H,15-16,18H2,1-3H3/t25-/m1/s1. The van der Waals surface area contributed by atoms with Crippen molar-refractivity contribution < 1.29 is 19.7 Å². The zero-order chi connectivity index (χ0) is 24.7. The molecule has 1 amide bonds. The maximum Gasteiger partial charge on any atom is 0.410 e. The summed E-state index contributed by atoms with van der Waals surface area (Å²) in [6, 6.07) is 22.2. The van der Waals surface area contributed by atoms with Crippen LogP contribution in [0.2, 0.25) is 5.02 Å². The van der Waals surface area contributed by atoms with E-state index in [2.05, 4.69) is 0 Å². The van der Waals surface area contributed by atoms with E-state index in [1.54, 1.807) is 48.2 Å². The Morgan fingerprint density at radius 3 is 2.24 bits per heavy atom. The highest BCUT2D eigenvalue weighted by Crippen LogP contribution is 2.29. The lowest BCUT2D eigenvalue weighted by Gasteiger charge is -2.29. The van der Waals surface area contributed by atoms with E-state index >= 15 is 0 Å². The minimum absolute atomic E-state index is 0.101. The predicted molar refractivity (Wildman–Crippen MR) is 137 cm³/mol. The van der Waals surface area contributed by atoms with E-state index in [9.17, 15) is 15.0 Å². The Labute approximate surface area is 210 Å². The van der Waals surface area contributed by atoms with Gasteiger partial charge in [-0.1, -0.05) is 47.6 Å². The fourth-order valence-corrected chi connectivity index (χ4v) is 4.27.